The van der Waals surface area contributed by atoms with Crippen LogP contribution in [0.1, 0.15) is 13.3 Å². The van der Waals surface area contributed by atoms with Crippen LogP contribution < -0.4 is 15.4 Å². The third-order valence-corrected chi connectivity index (χ3v) is 2.69. The van der Waals surface area contributed by atoms with Crippen molar-refractivity contribution in [2.24, 2.45) is 13.0 Å². The number of carbonyl (C=O) groups excluding carboxylic acids is 1. The van der Waals surface area contributed by atoms with Crippen LogP contribution in [0.3, 0.4) is 0 Å². The highest BCUT2D eigenvalue weighted by Crippen LogP contribution is 2.17. The summed E-state index contributed by atoms with van der Waals surface area (Å²) in [5, 5.41) is 10.0. The van der Waals surface area contributed by atoms with Gasteiger partial charge in [-0.3, -0.25) is 4.79 Å². The number of aryl methyl sites for hydroxylation is 1. The van der Waals surface area contributed by atoms with Crippen LogP contribution in [0, 0.1) is 5.92 Å². The molecule has 1 amide bonds. The Labute approximate surface area is 112 Å². The molecule has 6 nitrogen and oxygen atoms in total. The lowest BCUT2D eigenvalue weighted by Crippen LogP contribution is -2.48. The number of ether oxygens (including phenoxy) is 1. The Morgan fingerprint density at radius 1 is 1.67 bits per heavy atom. The zero-order valence-electron chi connectivity index (χ0n) is 10.6. The maximum absolute atomic E-state index is 11.7. The Morgan fingerprint density at radius 2 is 2.39 bits per heavy atom. The number of aromatic nitrogens is 2. The molecule has 0 atom stereocenters. The van der Waals surface area contributed by atoms with Gasteiger partial charge in [0.1, 0.15) is 0 Å². The standard InChI is InChI=1S/C11H18N4O2.ClH/c1-3-4-17-10-5-9(14-15(10)2)13-11(16)8-6-12-7-8;/h5,8,12H,3-4,6-7H2,1-2H3,(H,13,14,16);1H. The summed E-state index contributed by atoms with van der Waals surface area (Å²) in [4.78, 5) is 11.7. The van der Waals surface area contributed by atoms with Crippen LogP contribution in [0.5, 0.6) is 5.88 Å². The highest BCUT2D eigenvalue weighted by atomic mass is 35.5. The first-order valence-corrected chi connectivity index (χ1v) is 5.89. The van der Waals surface area contributed by atoms with Crippen molar-refractivity contribution in [1.82, 2.24) is 15.1 Å². The van der Waals surface area contributed by atoms with Crippen molar-refractivity contribution in [2.45, 2.75) is 13.3 Å². The van der Waals surface area contributed by atoms with Crippen LogP contribution in [-0.4, -0.2) is 35.4 Å². The molecule has 2 heterocycles. The molecule has 1 aliphatic heterocycles. The summed E-state index contributed by atoms with van der Waals surface area (Å²) in [5.74, 6) is 1.31. The summed E-state index contributed by atoms with van der Waals surface area (Å²) < 4.78 is 7.12. The largest absolute Gasteiger partial charge is 0.478 e. The van der Waals surface area contributed by atoms with Crippen LogP contribution in [0.25, 0.3) is 0 Å². The van der Waals surface area contributed by atoms with Gasteiger partial charge in [-0.25, -0.2) is 4.68 Å². The van der Waals surface area contributed by atoms with E-state index in [4.69, 9.17) is 4.74 Å². The first kappa shape index (κ1) is 14.8. The third-order valence-electron chi connectivity index (χ3n) is 2.69. The number of hydrogen-bond acceptors (Lipinski definition) is 4. The summed E-state index contributed by atoms with van der Waals surface area (Å²) >= 11 is 0. The van der Waals surface area contributed by atoms with E-state index in [1.165, 1.54) is 0 Å². The van der Waals surface area contributed by atoms with Gasteiger partial charge in [-0.1, -0.05) is 6.92 Å². The summed E-state index contributed by atoms with van der Waals surface area (Å²) in [6.45, 7) is 4.19. The van der Waals surface area contributed by atoms with Crippen LogP contribution in [0.4, 0.5) is 5.82 Å². The minimum atomic E-state index is 0. The smallest absolute Gasteiger partial charge is 0.231 e. The quantitative estimate of drug-likeness (QED) is 0.833. The molecule has 7 heteroatoms. The Bertz CT molecular complexity index is 404. The molecule has 1 aromatic heterocycles. The second kappa shape index (κ2) is 6.61. The molecule has 1 saturated heterocycles. The highest BCUT2D eigenvalue weighted by Gasteiger charge is 2.25. The molecule has 0 aliphatic carbocycles. The lowest BCUT2D eigenvalue weighted by molar-refractivity contribution is -0.121. The Balaban J connectivity index is 0.00000162. The van der Waals surface area contributed by atoms with Crippen molar-refractivity contribution in [1.29, 1.82) is 0 Å². The van der Waals surface area contributed by atoms with E-state index in [0.717, 1.165) is 19.5 Å². The number of hydrogen-bond donors (Lipinski definition) is 2. The molecule has 2 N–H and O–H groups in total. The summed E-state index contributed by atoms with van der Waals surface area (Å²) in [6, 6.07) is 1.75. The van der Waals surface area contributed by atoms with Gasteiger partial charge in [0.25, 0.3) is 0 Å². The number of rotatable bonds is 5. The van der Waals surface area contributed by atoms with E-state index in [2.05, 4.69) is 15.7 Å². The van der Waals surface area contributed by atoms with Crippen LogP contribution in [0.2, 0.25) is 0 Å². The molecule has 0 aromatic carbocycles. The SMILES string of the molecule is CCCOc1cc(NC(=O)C2CNC2)nn1C.Cl. The summed E-state index contributed by atoms with van der Waals surface area (Å²) in [5.41, 5.74) is 0. The molecule has 102 valence electrons. The van der Waals surface area contributed by atoms with Crippen LogP contribution in [-0.2, 0) is 11.8 Å². The molecule has 0 spiro atoms. The maximum atomic E-state index is 11.7. The fourth-order valence-corrected chi connectivity index (χ4v) is 1.56. The van der Waals surface area contributed by atoms with Gasteiger partial charge < -0.3 is 15.4 Å². The first-order chi connectivity index (χ1) is 8.20. The van der Waals surface area contributed by atoms with Gasteiger partial charge in [0.2, 0.25) is 11.8 Å². The van der Waals surface area contributed by atoms with E-state index in [1.54, 1.807) is 17.8 Å². The van der Waals surface area contributed by atoms with Gasteiger partial charge in [-0.05, 0) is 6.42 Å². The monoisotopic (exact) mass is 274 g/mol. The van der Waals surface area contributed by atoms with Gasteiger partial charge in [0.05, 0.1) is 12.5 Å². The minimum absolute atomic E-state index is 0. The minimum Gasteiger partial charge on any atom is -0.478 e. The molecule has 1 fully saturated rings. The summed E-state index contributed by atoms with van der Waals surface area (Å²) in [7, 11) is 1.80. The number of amides is 1. The number of anilines is 1. The van der Waals surface area contributed by atoms with Crippen molar-refractivity contribution in [3.05, 3.63) is 6.07 Å². The average Bonchev–Trinajstić information content (AvgIpc) is 2.53. The molecule has 18 heavy (non-hydrogen) atoms. The van der Waals surface area contributed by atoms with E-state index >= 15 is 0 Å². The van der Waals surface area contributed by atoms with Crippen LogP contribution >= 0.6 is 12.4 Å². The molecule has 2 rings (SSSR count). The molecule has 0 unspecified atom stereocenters. The Kier molecular flexibility index (Phi) is 5.43. The van der Waals surface area contributed by atoms with E-state index < -0.39 is 0 Å². The molecule has 1 aromatic rings. The zero-order chi connectivity index (χ0) is 12.3. The highest BCUT2D eigenvalue weighted by molar-refractivity contribution is 5.92. The van der Waals surface area contributed by atoms with Gasteiger partial charge >= 0.3 is 0 Å². The topological polar surface area (TPSA) is 68.2 Å². The fourth-order valence-electron chi connectivity index (χ4n) is 1.56. The van der Waals surface area contributed by atoms with Gasteiger partial charge in [0.15, 0.2) is 5.82 Å². The van der Waals surface area contributed by atoms with Gasteiger partial charge in [-0.15, -0.1) is 12.4 Å². The lowest BCUT2D eigenvalue weighted by Gasteiger charge is -2.25. The Morgan fingerprint density at radius 3 is 2.94 bits per heavy atom. The number of carbonyl (C=O) groups is 1. The van der Waals surface area contributed by atoms with Gasteiger partial charge in [-0.2, -0.15) is 5.10 Å². The van der Waals surface area contributed by atoms with E-state index in [9.17, 15) is 4.79 Å². The average molecular weight is 275 g/mol. The molecular weight excluding hydrogens is 256 g/mol. The van der Waals surface area contributed by atoms with Crippen LogP contribution in [0.15, 0.2) is 6.07 Å². The lowest BCUT2D eigenvalue weighted by atomic mass is 10.0. The number of halogens is 1. The predicted molar refractivity (Wildman–Crippen MR) is 71.2 cm³/mol. The number of nitrogens with zero attached hydrogens (tertiary/aromatic N) is 2. The molecule has 1 aliphatic rings. The van der Waals surface area contributed by atoms with Crippen molar-refractivity contribution in [2.75, 3.05) is 25.0 Å². The van der Waals surface area contributed by atoms with E-state index in [0.29, 0.717) is 18.3 Å². The first-order valence-electron chi connectivity index (χ1n) is 5.89. The molecule has 0 saturated carbocycles. The van der Waals surface area contributed by atoms with E-state index in [-0.39, 0.29) is 24.2 Å². The molecular formula is C11H19ClN4O2. The second-order valence-corrected chi connectivity index (χ2v) is 4.18. The predicted octanol–water partition coefficient (Wildman–Crippen LogP) is 0.789. The molecule has 0 bridgehead atoms. The fraction of sp³-hybridized carbons (Fsp3) is 0.636. The van der Waals surface area contributed by atoms with Crippen molar-refractivity contribution >= 4 is 24.1 Å². The van der Waals surface area contributed by atoms with Gasteiger partial charge in [0, 0.05) is 26.2 Å². The third kappa shape index (κ3) is 3.36. The zero-order valence-corrected chi connectivity index (χ0v) is 11.4. The number of nitrogens with one attached hydrogen (secondary N) is 2. The second-order valence-electron chi connectivity index (χ2n) is 4.18. The normalized spacial score (nSPS) is 14.6. The van der Waals surface area contributed by atoms with Crippen molar-refractivity contribution in [3.63, 3.8) is 0 Å². The van der Waals surface area contributed by atoms with Crippen molar-refractivity contribution < 1.29 is 9.53 Å². The Hall–Kier alpha value is -1.27. The van der Waals surface area contributed by atoms with Crippen molar-refractivity contribution in [3.8, 4) is 5.88 Å². The maximum Gasteiger partial charge on any atom is 0.231 e. The summed E-state index contributed by atoms with van der Waals surface area (Å²) in [6.07, 6.45) is 0.945. The van der Waals surface area contributed by atoms with E-state index in [1.807, 2.05) is 6.92 Å². The molecule has 0 radical (unpaired) electrons.